The highest BCUT2D eigenvalue weighted by Crippen LogP contribution is 2.24. The monoisotopic (exact) mass is 296 g/mol. The van der Waals surface area contributed by atoms with Crippen molar-refractivity contribution in [3.8, 4) is 0 Å². The van der Waals surface area contributed by atoms with Crippen LogP contribution in [0.2, 0.25) is 5.02 Å². The van der Waals surface area contributed by atoms with E-state index in [9.17, 15) is 4.79 Å². The van der Waals surface area contributed by atoms with Crippen LogP contribution in [-0.4, -0.2) is 25.2 Å². The number of benzene rings is 1. The summed E-state index contributed by atoms with van der Waals surface area (Å²) in [7, 11) is 0. The highest BCUT2D eigenvalue weighted by molar-refractivity contribution is 6.30. The molecular formula is C15H21ClN2O2. The van der Waals surface area contributed by atoms with Crippen LogP contribution in [0.25, 0.3) is 0 Å². The summed E-state index contributed by atoms with van der Waals surface area (Å²) in [5, 5.41) is 4.16. The predicted molar refractivity (Wildman–Crippen MR) is 79.5 cm³/mol. The molecule has 110 valence electrons. The van der Waals surface area contributed by atoms with Crippen molar-refractivity contribution >= 4 is 17.5 Å². The number of nitrogens with one attached hydrogen (secondary N) is 1. The first-order valence-corrected chi connectivity index (χ1v) is 7.31. The van der Waals surface area contributed by atoms with Gasteiger partial charge in [0.2, 0.25) is 5.91 Å². The van der Waals surface area contributed by atoms with Gasteiger partial charge in [-0.3, -0.25) is 4.79 Å². The van der Waals surface area contributed by atoms with Gasteiger partial charge in [-0.15, -0.1) is 0 Å². The number of halogens is 1. The molecule has 3 atom stereocenters. The van der Waals surface area contributed by atoms with Crippen molar-refractivity contribution in [2.24, 2.45) is 11.7 Å². The van der Waals surface area contributed by atoms with Crippen molar-refractivity contribution in [2.75, 3.05) is 13.2 Å². The molecule has 0 aliphatic carbocycles. The average molecular weight is 297 g/mol. The second-order valence-electron chi connectivity index (χ2n) is 5.36. The number of hydrogen-bond acceptors (Lipinski definition) is 3. The maximum atomic E-state index is 11.3. The van der Waals surface area contributed by atoms with E-state index in [-0.39, 0.29) is 24.4 Å². The van der Waals surface area contributed by atoms with Crippen LogP contribution in [0.1, 0.15) is 31.4 Å². The van der Waals surface area contributed by atoms with Gasteiger partial charge < -0.3 is 15.8 Å². The minimum atomic E-state index is -0.322. The van der Waals surface area contributed by atoms with E-state index in [1.54, 1.807) is 0 Å². The van der Waals surface area contributed by atoms with Gasteiger partial charge in [-0.2, -0.15) is 0 Å². The van der Waals surface area contributed by atoms with Crippen LogP contribution in [0.3, 0.4) is 0 Å². The molecule has 1 aliphatic rings. The molecule has 4 nitrogen and oxygen atoms in total. The third kappa shape index (κ3) is 4.20. The molecule has 2 rings (SSSR count). The summed E-state index contributed by atoms with van der Waals surface area (Å²) in [5.41, 5.74) is 6.35. The molecule has 3 N–H and O–H groups in total. The van der Waals surface area contributed by atoms with E-state index in [4.69, 9.17) is 22.1 Å². The lowest BCUT2D eigenvalue weighted by Crippen LogP contribution is -2.38. The fraction of sp³-hybridized carbons (Fsp3) is 0.533. The molecular weight excluding hydrogens is 276 g/mol. The summed E-state index contributed by atoms with van der Waals surface area (Å²) in [6.45, 7) is 3.71. The molecule has 5 heteroatoms. The summed E-state index contributed by atoms with van der Waals surface area (Å²) in [6, 6.07) is 7.70. The van der Waals surface area contributed by atoms with E-state index in [2.05, 4.69) is 12.2 Å². The Bertz CT molecular complexity index is 461. The maximum absolute atomic E-state index is 11.3. The van der Waals surface area contributed by atoms with Gasteiger partial charge in [0.25, 0.3) is 0 Å². The van der Waals surface area contributed by atoms with Crippen LogP contribution in [0.15, 0.2) is 24.3 Å². The SMILES string of the molecule is C[C@@H](N[C@H](CC(N)=O)c1cccc(Cl)c1)[C@@H]1CCOC1. The van der Waals surface area contributed by atoms with Gasteiger partial charge in [0.1, 0.15) is 0 Å². The Hall–Kier alpha value is -1.10. The summed E-state index contributed by atoms with van der Waals surface area (Å²) in [5.74, 6) is 0.155. The van der Waals surface area contributed by atoms with E-state index in [1.165, 1.54) is 0 Å². The van der Waals surface area contributed by atoms with Gasteiger partial charge in [0, 0.05) is 30.1 Å². The first-order valence-electron chi connectivity index (χ1n) is 6.94. The third-order valence-electron chi connectivity index (χ3n) is 3.79. The lowest BCUT2D eigenvalue weighted by molar-refractivity contribution is -0.118. The number of ether oxygens (including phenoxy) is 1. The minimum Gasteiger partial charge on any atom is -0.381 e. The highest BCUT2D eigenvalue weighted by Gasteiger charge is 2.25. The summed E-state index contributed by atoms with van der Waals surface area (Å²) in [4.78, 5) is 11.3. The summed E-state index contributed by atoms with van der Waals surface area (Å²) in [6.07, 6.45) is 1.31. The lowest BCUT2D eigenvalue weighted by Gasteiger charge is -2.26. The molecule has 0 saturated carbocycles. The Balaban J connectivity index is 2.08. The number of amides is 1. The van der Waals surface area contributed by atoms with E-state index in [0.29, 0.717) is 10.9 Å². The largest absolute Gasteiger partial charge is 0.381 e. The molecule has 1 amide bonds. The van der Waals surface area contributed by atoms with Crippen LogP contribution >= 0.6 is 11.6 Å². The topological polar surface area (TPSA) is 64.3 Å². The molecule has 1 heterocycles. The van der Waals surface area contributed by atoms with Crippen LogP contribution in [-0.2, 0) is 9.53 Å². The van der Waals surface area contributed by atoms with Crippen molar-refractivity contribution in [2.45, 2.75) is 31.8 Å². The van der Waals surface area contributed by atoms with Gasteiger partial charge >= 0.3 is 0 Å². The fourth-order valence-corrected chi connectivity index (χ4v) is 2.80. The van der Waals surface area contributed by atoms with Gasteiger partial charge in [0.15, 0.2) is 0 Å². The van der Waals surface area contributed by atoms with E-state index >= 15 is 0 Å². The molecule has 0 aromatic heterocycles. The molecule has 1 aromatic rings. The van der Waals surface area contributed by atoms with Gasteiger partial charge in [-0.05, 0) is 37.0 Å². The zero-order valence-corrected chi connectivity index (χ0v) is 12.4. The zero-order chi connectivity index (χ0) is 14.5. The highest BCUT2D eigenvalue weighted by atomic mass is 35.5. The summed E-state index contributed by atoms with van der Waals surface area (Å²) < 4.78 is 5.41. The average Bonchev–Trinajstić information content (AvgIpc) is 2.91. The van der Waals surface area contributed by atoms with E-state index in [0.717, 1.165) is 25.2 Å². The second kappa shape index (κ2) is 7.07. The molecule has 0 spiro atoms. The smallest absolute Gasteiger partial charge is 0.219 e. The van der Waals surface area contributed by atoms with E-state index < -0.39 is 0 Å². The van der Waals surface area contributed by atoms with Crippen LogP contribution in [0.4, 0.5) is 0 Å². The summed E-state index contributed by atoms with van der Waals surface area (Å²) >= 11 is 6.03. The second-order valence-corrected chi connectivity index (χ2v) is 5.79. The third-order valence-corrected chi connectivity index (χ3v) is 4.03. The molecule has 0 bridgehead atoms. The Kier molecular flexibility index (Phi) is 5.40. The van der Waals surface area contributed by atoms with Gasteiger partial charge in [-0.1, -0.05) is 23.7 Å². The lowest BCUT2D eigenvalue weighted by atomic mass is 9.96. The molecule has 1 fully saturated rings. The Morgan fingerprint density at radius 2 is 2.40 bits per heavy atom. The first-order chi connectivity index (χ1) is 9.56. The number of rotatable bonds is 6. The van der Waals surface area contributed by atoms with Crippen molar-refractivity contribution in [1.82, 2.24) is 5.32 Å². The molecule has 0 unspecified atom stereocenters. The Morgan fingerprint density at radius 3 is 3.00 bits per heavy atom. The zero-order valence-electron chi connectivity index (χ0n) is 11.6. The van der Waals surface area contributed by atoms with Crippen molar-refractivity contribution in [1.29, 1.82) is 0 Å². The van der Waals surface area contributed by atoms with Gasteiger partial charge in [-0.25, -0.2) is 0 Å². The van der Waals surface area contributed by atoms with Gasteiger partial charge in [0.05, 0.1) is 6.61 Å². The predicted octanol–water partition coefficient (Wildman–Crippen LogP) is 2.27. The molecule has 20 heavy (non-hydrogen) atoms. The number of nitrogens with two attached hydrogens (primary N) is 1. The molecule has 1 saturated heterocycles. The number of carbonyl (C=O) groups excluding carboxylic acids is 1. The van der Waals surface area contributed by atoms with Crippen molar-refractivity contribution in [3.05, 3.63) is 34.9 Å². The number of carbonyl (C=O) groups is 1. The first kappa shape index (κ1) is 15.3. The van der Waals surface area contributed by atoms with Crippen LogP contribution in [0, 0.1) is 5.92 Å². The maximum Gasteiger partial charge on any atom is 0.219 e. The van der Waals surface area contributed by atoms with Crippen LogP contribution in [0.5, 0.6) is 0 Å². The normalized spacial score (nSPS) is 21.6. The standard InChI is InChI=1S/C15H21ClN2O2/c1-10(12-5-6-20-9-12)18-14(8-15(17)19)11-3-2-4-13(16)7-11/h2-4,7,10,12,14,18H,5-6,8-9H2,1H3,(H2,17,19)/t10-,12-,14-/m1/s1. The van der Waals surface area contributed by atoms with Crippen molar-refractivity contribution in [3.63, 3.8) is 0 Å². The number of hydrogen-bond donors (Lipinski definition) is 2. The Labute approximate surface area is 124 Å². The molecule has 1 aromatic carbocycles. The van der Waals surface area contributed by atoms with Crippen molar-refractivity contribution < 1.29 is 9.53 Å². The minimum absolute atomic E-state index is 0.109. The Morgan fingerprint density at radius 1 is 1.60 bits per heavy atom. The van der Waals surface area contributed by atoms with E-state index in [1.807, 2.05) is 24.3 Å². The number of primary amides is 1. The quantitative estimate of drug-likeness (QED) is 0.846. The fourth-order valence-electron chi connectivity index (χ4n) is 2.60. The molecule has 1 aliphatic heterocycles. The molecule has 0 radical (unpaired) electrons. The van der Waals surface area contributed by atoms with Crippen LogP contribution < -0.4 is 11.1 Å².